The van der Waals surface area contributed by atoms with Crippen LogP contribution in [0.25, 0.3) is 0 Å². The first-order valence-electron chi connectivity index (χ1n) is 6.35. The van der Waals surface area contributed by atoms with Gasteiger partial charge in [-0.25, -0.2) is 4.79 Å². The molecule has 22 heavy (non-hydrogen) atoms. The Hall–Kier alpha value is -2.09. The summed E-state index contributed by atoms with van der Waals surface area (Å²) in [4.78, 5) is 22.8. The molecule has 1 aromatic carbocycles. The zero-order valence-electron chi connectivity index (χ0n) is 12.8. The topological polar surface area (TPSA) is 96.0 Å². The molecule has 0 fully saturated rings. The predicted molar refractivity (Wildman–Crippen MR) is 78.0 cm³/mol. The molecule has 0 saturated heterocycles. The first kappa shape index (κ1) is 18.0. The molecule has 7 nitrogen and oxygen atoms in total. The minimum atomic E-state index is -4.10. The van der Waals surface area contributed by atoms with Gasteiger partial charge in [0.25, 0.3) is 0 Å². The van der Waals surface area contributed by atoms with Crippen molar-refractivity contribution in [3.8, 4) is 5.75 Å². The van der Waals surface area contributed by atoms with Gasteiger partial charge < -0.3 is 13.7 Å². The fourth-order valence-electron chi connectivity index (χ4n) is 1.36. The van der Waals surface area contributed by atoms with Gasteiger partial charge in [-0.15, -0.1) is 0 Å². The van der Waals surface area contributed by atoms with E-state index in [0.717, 1.165) is 7.11 Å². The lowest BCUT2D eigenvalue weighted by Gasteiger charge is -2.19. The smallest absolute Gasteiger partial charge is 0.338 e. The zero-order valence-corrected chi connectivity index (χ0v) is 13.6. The van der Waals surface area contributed by atoms with Gasteiger partial charge in [-0.3, -0.25) is 4.79 Å². The predicted octanol–water partition coefficient (Wildman–Crippen LogP) is 1.52. The van der Waals surface area contributed by atoms with E-state index < -0.39 is 33.4 Å². The Morgan fingerprint density at radius 2 is 1.64 bits per heavy atom. The van der Waals surface area contributed by atoms with E-state index >= 15 is 0 Å². The molecule has 0 heterocycles. The highest BCUT2D eigenvalue weighted by Crippen LogP contribution is 2.17. The van der Waals surface area contributed by atoms with Crippen LogP contribution < -0.4 is 4.18 Å². The van der Waals surface area contributed by atoms with Crippen LogP contribution in [0.3, 0.4) is 0 Å². The van der Waals surface area contributed by atoms with Crippen molar-refractivity contribution < 1.29 is 31.7 Å². The summed E-state index contributed by atoms with van der Waals surface area (Å²) < 4.78 is 37.3. The van der Waals surface area contributed by atoms with Gasteiger partial charge >= 0.3 is 22.1 Å². The van der Waals surface area contributed by atoms with E-state index in [9.17, 15) is 18.0 Å². The van der Waals surface area contributed by atoms with Gasteiger partial charge in [0.2, 0.25) is 0 Å². The third-order valence-corrected chi connectivity index (χ3v) is 3.27. The molecule has 1 aromatic rings. The van der Waals surface area contributed by atoms with Crippen molar-refractivity contribution >= 4 is 22.1 Å². The normalized spacial score (nSPS) is 11.6. The number of hydrogen-bond donors (Lipinski definition) is 0. The van der Waals surface area contributed by atoms with Crippen LogP contribution in [-0.2, 0) is 24.4 Å². The molecule has 0 saturated carbocycles. The Bertz CT molecular complexity index is 639. The number of hydrogen-bond acceptors (Lipinski definition) is 7. The first-order valence-corrected chi connectivity index (χ1v) is 7.92. The summed E-state index contributed by atoms with van der Waals surface area (Å²) in [5.74, 6) is -2.37. The van der Waals surface area contributed by atoms with Gasteiger partial charge in [-0.05, 0) is 45.0 Å². The quantitative estimate of drug-likeness (QED) is 0.596. The Kier molecular flexibility index (Phi) is 5.54. The van der Waals surface area contributed by atoms with E-state index in [-0.39, 0.29) is 11.3 Å². The molecular formula is C14H18O7S. The maximum atomic E-state index is 11.8. The molecule has 0 amide bonds. The van der Waals surface area contributed by atoms with Crippen molar-refractivity contribution in [2.75, 3.05) is 12.9 Å². The van der Waals surface area contributed by atoms with Gasteiger partial charge in [-0.2, -0.15) is 8.42 Å². The standard InChI is InChI=1S/C14H18O7S/c1-14(2,3)20-13(16)10-5-7-11(8-6-10)21-22(17,18)9-12(15)19-4/h5-8H,9H2,1-4H3. The number of ether oxygens (including phenoxy) is 2. The molecule has 0 bridgehead atoms. The summed E-state index contributed by atoms with van der Waals surface area (Å²) in [7, 11) is -3.02. The van der Waals surface area contributed by atoms with E-state index in [4.69, 9.17) is 8.92 Å². The maximum Gasteiger partial charge on any atom is 0.338 e. The summed E-state index contributed by atoms with van der Waals surface area (Å²) in [6.45, 7) is 5.21. The van der Waals surface area contributed by atoms with Gasteiger partial charge in [0.15, 0.2) is 5.75 Å². The molecule has 0 aliphatic rings. The van der Waals surface area contributed by atoms with Crippen LogP contribution in [0.1, 0.15) is 31.1 Å². The average Bonchev–Trinajstić information content (AvgIpc) is 2.36. The van der Waals surface area contributed by atoms with Gasteiger partial charge in [-0.1, -0.05) is 0 Å². The van der Waals surface area contributed by atoms with Crippen molar-refractivity contribution in [3.63, 3.8) is 0 Å². The molecule has 0 unspecified atom stereocenters. The number of carbonyl (C=O) groups is 2. The van der Waals surface area contributed by atoms with E-state index in [2.05, 4.69) is 4.74 Å². The van der Waals surface area contributed by atoms with Crippen molar-refractivity contribution in [1.82, 2.24) is 0 Å². The van der Waals surface area contributed by atoms with Crippen LogP contribution in [0, 0.1) is 0 Å². The van der Waals surface area contributed by atoms with Crippen LogP contribution in [0.5, 0.6) is 5.75 Å². The lowest BCUT2D eigenvalue weighted by atomic mass is 10.1. The Balaban J connectivity index is 2.77. The van der Waals surface area contributed by atoms with Gasteiger partial charge in [0.1, 0.15) is 11.4 Å². The van der Waals surface area contributed by atoms with Crippen molar-refractivity contribution in [1.29, 1.82) is 0 Å². The average molecular weight is 330 g/mol. The van der Waals surface area contributed by atoms with Crippen LogP contribution in [0.4, 0.5) is 0 Å². The molecule has 0 radical (unpaired) electrons. The second-order valence-electron chi connectivity index (χ2n) is 5.39. The monoisotopic (exact) mass is 330 g/mol. The number of benzene rings is 1. The molecule has 8 heteroatoms. The second-order valence-corrected chi connectivity index (χ2v) is 6.96. The summed E-state index contributed by atoms with van der Waals surface area (Å²) in [6, 6.07) is 5.34. The van der Waals surface area contributed by atoms with Crippen LogP contribution >= 0.6 is 0 Å². The molecule has 122 valence electrons. The van der Waals surface area contributed by atoms with Crippen molar-refractivity contribution in [2.24, 2.45) is 0 Å². The van der Waals surface area contributed by atoms with Crippen molar-refractivity contribution in [2.45, 2.75) is 26.4 Å². The molecule has 0 aromatic heterocycles. The lowest BCUT2D eigenvalue weighted by molar-refractivity contribution is -0.137. The summed E-state index contributed by atoms with van der Waals surface area (Å²) in [5.41, 5.74) is -0.372. The molecule has 0 aliphatic heterocycles. The molecule has 0 N–H and O–H groups in total. The van der Waals surface area contributed by atoms with Gasteiger partial charge in [0.05, 0.1) is 12.7 Å². The Morgan fingerprint density at radius 3 is 2.09 bits per heavy atom. The summed E-state index contributed by atoms with van der Waals surface area (Å²) >= 11 is 0. The zero-order chi connectivity index (χ0) is 17.0. The maximum absolute atomic E-state index is 11.8. The van der Waals surface area contributed by atoms with Crippen LogP contribution in [0.2, 0.25) is 0 Å². The number of carbonyl (C=O) groups excluding carboxylic acids is 2. The SMILES string of the molecule is COC(=O)CS(=O)(=O)Oc1ccc(C(=O)OC(C)(C)C)cc1. The molecule has 0 aliphatic carbocycles. The fourth-order valence-corrected chi connectivity index (χ4v) is 2.23. The number of rotatable bonds is 5. The van der Waals surface area contributed by atoms with Gasteiger partial charge in [0, 0.05) is 0 Å². The number of methoxy groups -OCH3 is 1. The third kappa shape index (κ3) is 6.13. The Morgan fingerprint density at radius 1 is 1.09 bits per heavy atom. The summed E-state index contributed by atoms with van der Waals surface area (Å²) in [6.07, 6.45) is 0. The third-order valence-electron chi connectivity index (χ3n) is 2.23. The first-order chi connectivity index (χ1) is 10.0. The molecular weight excluding hydrogens is 312 g/mol. The molecule has 1 rings (SSSR count). The van der Waals surface area contributed by atoms with E-state index in [1.54, 1.807) is 20.8 Å². The molecule has 0 atom stereocenters. The van der Waals surface area contributed by atoms with Crippen LogP contribution in [0.15, 0.2) is 24.3 Å². The van der Waals surface area contributed by atoms with E-state index in [1.807, 2.05) is 0 Å². The second kappa shape index (κ2) is 6.78. The minimum absolute atomic E-state index is 0.0174. The molecule has 0 spiro atoms. The minimum Gasteiger partial charge on any atom is -0.468 e. The van der Waals surface area contributed by atoms with E-state index in [1.165, 1.54) is 24.3 Å². The van der Waals surface area contributed by atoms with Crippen molar-refractivity contribution in [3.05, 3.63) is 29.8 Å². The van der Waals surface area contributed by atoms with Crippen LogP contribution in [-0.4, -0.2) is 38.8 Å². The summed E-state index contributed by atoms with van der Waals surface area (Å²) in [5, 5.41) is 0. The highest BCUT2D eigenvalue weighted by molar-refractivity contribution is 7.87. The highest BCUT2D eigenvalue weighted by atomic mass is 32.2. The number of esters is 2. The Labute approximate surface area is 129 Å². The lowest BCUT2D eigenvalue weighted by Crippen LogP contribution is -2.24. The van der Waals surface area contributed by atoms with E-state index in [0.29, 0.717) is 0 Å². The highest BCUT2D eigenvalue weighted by Gasteiger charge is 2.20. The fraction of sp³-hybridized carbons (Fsp3) is 0.429. The largest absolute Gasteiger partial charge is 0.468 e.